The number of likely N-dealkylation sites (tertiary alicyclic amines) is 1. The number of benzene rings is 2. The van der Waals surface area contributed by atoms with E-state index in [1.54, 1.807) is 30.0 Å². The molecule has 2 aromatic carbocycles. The maximum atomic E-state index is 12.7. The fourth-order valence-electron chi connectivity index (χ4n) is 3.86. The van der Waals surface area contributed by atoms with Crippen molar-refractivity contribution in [2.45, 2.75) is 32.0 Å². The first-order chi connectivity index (χ1) is 15.6. The van der Waals surface area contributed by atoms with Crippen molar-refractivity contribution in [2.75, 3.05) is 23.7 Å². The maximum absolute atomic E-state index is 12.7. The Labute approximate surface area is 187 Å². The maximum Gasteiger partial charge on any atom is 0.416 e. The average Bonchev–Trinajstić information content (AvgIpc) is 2.79. The summed E-state index contributed by atoms with van der Waals surface area (Å²) in [5.41, 5.74) is 0.365. The van der Waals surface area contributed by atoms with E-state index in [1.165, 1.54) is 12.1 Å². The van der Waals surface area contributed by atoms with E-state index in [1.807, 2.05) is 0 Å². The van der Waals surface area contributed by atoms with Crippen LogP contribution in [0.4, 0.5) is 24.5 Å². The second-order valence-electron chi connectivity index (χ2n) is 8.09. The number of rotatable bonds is 3. The molecule has 3 amide bonds. The lowest BCUT2D eigenvalue weighted by Gasteiger charge is -2.31. The van der Waals surface area contributed by atoms with Gasteiger partial charge in [-0.1, -0.05) is 0 Å². The molecule has 174 valence electrons. The van der Waals surface area contributed by atoms with Gasteiger partial charge in [0, 0.05) is 30.3 Å². The number of hydrogen-bond acceptors (Lipinski definition) is 4. The molecule has 1 atom stereocenters. The van der Waals surface area contributed by atoms with Gasteiger partial charge in [-0.25, -0.2) is 0 Å². The van der Waals surface area contributed by atoms with Crippen LogP contribution in [0.3, 0.4) is 0 Å². The van der Waals surface area contributed by atoms with Gasteiger partial charge in [-0.2, -0.15) is 13.2 Å². The van der Waals surface area contributed by atoms with Crippen LogP contribution < -0.4 is 15.4 Å². The summed E-state index contributed by atoms with van der Waals surface area (Å²) >= 11 is 0. The molecule has 0 aliphatic carbocycles. The van der Waals surface area contributed by atoms with Crippen LogP contribution in [0, 0.1) is 5.92 Å². The first-order valence-corrected chi connectivity index (χ1v) is 10.5. The number of ether oxygens (including phenoxy) is 1. The van der Waals surface area contributed by atoms with Crippen LogP contribution in [-0.2, 0) is 15.8 Å². The lowest BCUT2D eigenvalue weighted by Crippen LogP contribution is -2.41. The number of fused-ring (bicyclic) bond motifs is 1. The zero-order chi connectivity index (χ0) is 23.8. The number of anilines is 2. The smallest absolute Gasteiger partial charge is 0.416 e. The van der Waals surface area contributed by atoms with Gasteiger partial charge in [-0.05, 0) is 62.2 Å². The van der Waals surface area contributed by atoms with E-state index >= 15 is 0 Å². The Morgan fingerprint density at radius 1 is 1.09 bits per heavy atom. The van der Waals surface area contributed by atoms with E-state index in [4.69, 9.17) is 4.74 Å². The van der Waals surface area contributed by atoms with Crippen molar-refractivity contribution in [3.8, 4) is 5.75 Å². The molecule has 2 aliphatic heterocycles. The summed E-state index contributed by atoms with van der Waals surface area (Å²) in [5, 5.41) is 5.55. The predicted molar refractivity (Wildman–Crippen MR) is 114 cm³/mol. The Morgan fingerprint density at radius 2 is 1.76 bits per heavy atom. The van der Waals surface area contributed by atoms with Crippen molar-refractivity contribution in [2.24, 2.45) is 5.92 Å². The summed E-state index contributed by atoms with van der Waals surface area (Å²) in [4.78, 5) is 38.6. The van der Waals surface area contributed by atoms with E-state index in [-0.39, 0.29) is 29.2 Å². The van der Waals surface area contributed by atoms with Gasteiger partial charge in [0.25, 0.3) is 11.8 Å². The molecule has 2 aliphatic rings. The van der Waals surface area contributed by atoms with Gasteiger partial charge in [0.1, 0.15) is 5.75 Å². The summed E-state index contributed by atoms with van der Waals surface area (Å²) in [7, 11) is 0. The van der Waals surface area contributed by atoms with Crippen LogP contribution in [0.25, 0.3) is 0 Å². The molecule has 2 N–H and O–H groups in total. The highest BCUT2D eigenvalue weighted by Crippen LogP contribution is 2.33. The number of piperidine rings is 1. The summed E-state index contributed by atoms with van der Waals surface area (Å²) < 4.78 is 43.6. The Bertz CT molecular complexity index is 1080. The molecular weight excluding hydrogens is 439 g/mol. The Balaban J connectivity index is 1.32. The molecular formula is C23H22F3N3O4. The fourth-order valence-corrected chi connectivity index (χ4v) is 3.86. The number of carbonyl (C=O) groups excluding carboxylic acids is 3. The van der Waals surface area contributed by atoms with Crippen LogP contribution in [0.1, 0.15) is 35.7 Å². The van der Waals surface area contributed by atoms with Crippen LogP contribution in [0.15, 0.2) is 42.5 Å². The molecule has 0 spiro atoms. The minimum atomic E-state index is -4.46. The largest absolute Gasteiger partial charge is 0.479 e. The number of halogens is 3. The summed E-state index contributed by atoms with van der Waals surface area (Å²) in [6.07, 6.45) is -4.18. The normalized spacial score (nSPS) is 18.7. The quantitative estimate of drug-likeness (QED) is 0.726. The molecule has 4 rings (SSSR count). The van der Waals surface area contributed by atoms with Gasteiger partial charge in [0.15, 0.2) is 6.10 Å². The number of carbonyl (C=O) groups is 3. The second kappa shape index (κ2) is 8.76. The van der Waals surface area contributed by atoms with Crippen molar-refractivity contribution in [1.82, 2.24) is 4.90 Å². The monoisotopic (exact) mass is 461 g/mol. The van der Waals surface area contributed by atoms with Crippen LogP contribution >= 0.6 is 0 Å². The Morgan fingerprint density at radius 3 is 2.39 bits per heavy atom. The van der Waals surface area contributed by atoms with Crippen LogP contribution in [0.2, 0.25) is 0 Å². The third kappa shape index (κ3) is 4.94. The Hall–Kier alpha value is -3.56. The number of alkyl halides is 3. The van der Waals surface area contributed by atoms with Crippen molar-refractivity contribution < 1.29 is 32.3 Å². The van der Waals surface area contributed by atoms with Gasteiger partial charge in [0.2, 0.25) is 5.91 Å². The third-order valence-electron chi connectivity index (χ3n) is 5.79. The van der Waals surface area contributed by atoms with Crippen molar-refractivity contribution in [1.29, 1.82) is 0 Å². The molecule has 33 heavy (non-hydrogen) atoms. The molecule has 1 fully saturated rings. The number of nitrogens with one attached hydrogen (secondary N) is 2. The number of nitrogens with zero attached hydrogens (tertiary/aromatic N) is 1. The summed E-state index contributed by atoms with van der Waals surface area (Å²) in [6, 6.07) is 9.10. The van der Waals surface area contributed by atoms with Crippen molar-refractivity contribution in [3.63, 3.8) is 0 Å². The molecule has 2 heterocycles. The molecule has 7 nitrogen and oxygen atoms in total. The van der Waals surface area contributed by atoms with Crippen LogP contribution in [-0.4, -0.2) is 41.8 Å². The topological polar surface area (TPSA) is 87.7 Å². The highest BCUT2D eigenvalue weighted by Gasteiger charge is 2.32. The van der Waals surface area contributed by atoms with Gasteiger partial charge in [-0.15, -0.1) is 0 Å². The van der Waals surface area contributed by atoms with Gasteiger partial charge in [-0.3, -0.25) is 14.4 Å². The molecule has 0 aromatic heterocycles. The van der Waals surface area contributed by atoms with E-state index in [0.29, 0.717) is 43.1 Å². The van der Waals surface area contributed by atoms with Crippen LogP contribution in [0.5, 0.6) is 5.75 Å². The molecule has 10 heteroatoms. The second-order valence-corrected chi connectivity index (χ2v) is 8.09. The van der Waals surface area contributed by atoms with E-state index in [9.17, 15) is 27.6 Å². The molecule has 0 bridgehead atoms. The molecule has 0 saturated carbocycles. The van der Waals surface area contributed by atoms with E-state index < -0.39 is 17.8 Å². The summed E-state index contributed by atoms with van der Waals surface area (Å²) in [5.74, 6) is -0.620. The zero-order valence-corrected chi connectivity index (χ0v) is 17.7. The SMILES string of the molecule is C[C@@H]1Oc2ccc(NC(=O)C3CCN(C(=O)c4ccc(C(F)(F)F)cc4)CC3)cc2NC1=O. The molecule has 0 unspecified atom stereocenters. The van der Waals surface area contributed by atoms with Gasteiger partial charge >= 0.3 is 6.18 Å². The van der Waals surface area contributed by atoms with Crippen molar-refractivity contribution >= 4 is 29.1 Å². The number of amides is 3. The number of hydrogen-bond donors (Lipinski definition) is 2. The lowest BCUT2D eigenvalue weighted by atomic mass is 9.95. The Kier molecular flexibility index (Phi) is 6.01. The molecule has 1 saturated heterocycles. The lowest BCUT2D eigenvalue weighted by molar-refractivity contribution is -0.137. The zero-order valence-electron chi connectivity index (χ0n) is 17.7. The van der Waals surface area contributed by atoms with Gasteiger partial charge < -0.3 is 20.3 Å². The first-order valence-electron chi connectivity index (χ1n) is 10.5. The summed E-state index contributed by atoms with van der Waals surface area (Å²) in [6.45, 7) is 2.29. The minimum absolute atomic E-state index is 0.179. The first kappa shape index (κ1) is 22.6. The van der Waals surface area contributed by atoms with E-state index in [2.05, 4.69) is 10.6 Å². The van der Waals surface area contributed by atoms with Gasteiger partial charge in [0.05, 0.1) is 11.3 Å². The fraction of sp³-hybridized carbons (Fsp3) is 0.348. The standard InChI is InChI=1S/C23H22F3N3O4/c1-13-20(30)28-18-12-17(6-7-19(18)33-13)27-21(31)14-8-10-29(11-9-14)22(32)15-2-4-16(5-3-15)23(24,25)26/h2-7,12-14H,8-11H2,1H3,(H,27,31)(H,28,30)/t13-/m0/s1. The third-order valence-corrected chi connectivity index (χ3v) is 5.79. The molecule has 0 radical (unpaired) electrons. The van der Waals surface area contributed by atoms with Crippen molar-refractivity contribution in [3.05, 3.63) is 53.6 Å². The molecule has 2 aromatic rings. The van der Waals surface area contributed by atoms with E-state index in [0.717, 1.165) is 12.1 Å². The highest BCUT2D eigenvalue weighted by atomic mass is 19.4. The average molecular weight is 461 g/mol. The predicted octanol–water partition coefficient (Wildman–Crippen LogP) is 3.92. The minimum Gasteiger partial charge on any atom is -0.479 e. The highest BCUT2D eigenvalue weighted by molar-refractivity contribution is 5.99.